The summed E-state index contributed by atoms with van der Waals surface area (Å²) in [5.41, 5.74) is 8.90. The summed E-state index contributed by atoms with van der Waals surface area (Å²) in [6, 6.07) is 1.07. The SMILES string of the molecule is COCN1C(=O)CC1(C(=O)[O-])C(=O)[O-].NC1CCCCC1.NC1CCCCC1.[NH2][Pt+].[NH2][Pt+]. The van der Waals surface area contributed by atoms with Crippen molar-refractivity contribution in [2.75, 3.05) is 13.8 Å². The number of likely N-dealkylation sites (tertiary alicyclic amines) is 1. The molecular formula is C19H37N5O6Pt2. The molecule has 3 rings (SSSR count). The third-order valence-electron chi connectivity index (χ3n) is 5.40. The second-order valence-corrected chi connectivity index (χ2v) is 7.65. The van der Waals surface area contributed by atoms with Gasteiger partial charge >= 0.3 is 48.7 Å². The summed E-state index contributed by atoms with van der Waals surface area (Å²) < 4.78 is 13.4. The van der Waals surface area contributed by atoms with E-state index in [1.54, 1.807) is 40.1 Å². The van der Waals surface area contributed by atoms with E-state index in [0.717, 1.165) is 0 Å². The van der Waals surface area contributed by atoms with Gasteiger partial charge in [-0.25, -0.2) is 0 Å². The van der Waals surface area contributed by atoms with E-state index in [2.05, 4.69) is 13.3 Å². The van der Waals surface area contributed by atoms with Crippen LogP contribution in [-0.4, -0.2) is 54.2 Å². The molecule has 3 aliphatic rings. The topological polar surface area (TPSA) is 214 Å². The average Bonchev–Trinajstić information content (AvgIpc) is 2.80. The Bertz CT molecular complexity index is 502. The third kappa shape index (κ3) is 11.6. The Labute approximate surface area is 213 Å². The molecule has 0 unspecified atom stereocenters. The van der Waals surface area contributed by atoms with Gasteiger partial charge in [0.2, 0.25) is 5.91 Å². The summed E-state index contributed by atoms with van der Waals surface area (Å²) in [5, 5.41) is 21.2. The van der Waals surface area contributed by atoms with E-state index in [-0.39, 0.29) is 0 Å². The number of hydrogen-bond acceptors (Lipinski definition) is 10. The number of ether oxygens (including phenoxy) is 1. The molecule has 32 heavy (non-hydrogen) atoms. The van der Waals surface area contributed by atoms with Gasteiger partial charge in [-0.2, -0.15) is 0 Å². The fourth-order valence-corrected chi connectivity index (χ4v) is 3.56. The van der Waals surface area contributed by atoms with Gasteiger partial charge in [-0.1, -0.05) is 38.5 Å². The summed E-state index contributed by atoms with van der Waals surface area (Å²) in [7, 11) is 1.21. The Morgan fingerprint density at radius 1 is 0.906 bits per heavy atom. The van der Waals surface area contributed by atoms with Gasteiger partial charge in [0.1, 0.15) is 12.3 Å². The number of hydrogen-bond donors (Lipinski definition) is 4. The monoisotopic (exact) mass is 821 g/mol. The molecule has 0 bridgehead atoms. The zero-order chi connectivity index (χ0) is 25.2. The van der Waals surface area contributed by atoms with Gasteiger partial charge in [0, 0.05) is 19.2 Å². The van der Waals surface area contributed by atoms with Gasteiger partial charge in [-0.05, 0) is 25.7 Å². The van der Waals surface area contributed by atoms with Gasteiger partial charge in [0.15, 0.2) is 0 Å². The first kappa shape index (κ1) is 33.8. The summed E-state index contributed by atoms with van der Waals surface area (Å²) in [6.07, 6.45) is 12.7. The van der Waals surface area contributed by atoms with E-state index in [9.17, 15) is 24.6 Å². The number of carboxylic acid groups (broad SMARTS) is 2. The summed E-state index contributed by atoms with van der Waals surface area (Å²) in [6.45, 7) is -0.416. The molecule has 0 radical (unpaired) electrons. The Morgan fingerprint density at radius 3 is 1.44 bits per heavy atom. The molecule has 0 atom stereocenters. The quantitative estimate of drug-likeness (QED) is 0.172. The van der Waals surface area contributed by atoms with Crippen molar-refractivity contribution in [1.29, 1.82) is 0 Å². The van der Waals surface area contributed by atoms with Crippen molar-refractivity contribution in [1.82, 2.24) is 4.90 Å². The van der Waals surface area contributed by atoms with Crippen LogP contribution in [0.1, 0.15) is 70.6 Å². The van der Waals surface area contributed by atoms with Crippen molar-refractivity contribution in [2.24, 2.45) is 20.1 Å². The van der Waals surface area contributed by atoms with Crippen molar-refractivity contribution in [3.05, 3.63) is 0 Å². The Morgan fingerprint density at radius 2 is 1.25 bits per heavy atom. The number of nitrogens with two attached hydrogens (primary N) is 4. The van der Waals surface area contributed by atoms with Crippen LogP contribution in [0.4, 0.5) is 0 Å². The Hall–Kier alpha value is -0.413. The molecule has 0 aromatic rings. The molecule has 3 fully saturated rings. The molecule has 1 aliphatic heterocycles. The number of nitrogens with zero attached hydrogens (tertiary/aromatic N) is 1. The van der Waals surface area contributed by atoms with Gasteiger partial charge in [-0.15, -0.1) is 0 Å². The maximum atomic E-state index is 10.9. The predicted octanol–water partition coefficient (Wildman–Crippen LogP) is -2.57. The van der Waals surface area contributed by atoms with Crippen molar-refractivity contribution in [2.45, 2.75) is 88.3 Å². The van der Waals surface area contributed by atoms with Crippen LogP contribution in [0.3, 0.4) is 0 Å². The van der Waals surface area contributed by atoms with E-state index in [0.29, 0.717) is 17.0 Å². The van der Waals surface area contributed by atoms with Crippen LogP contribution >= 0.6 is 0 Å². The van der Waals surface area contributed by atoms with E-state index in [1.807, 2.05) is 0 Å². The van der Waals surface area contributed by atoms with Gasteiger partial charge in [0.25, 0.3) is 0 Å². The first-order valence-electron chi connectivity index (χ1n) is 10.4. The number of β-lactam (4-membered cyclic amide) rings is 1. The molecule has 0 aromatic carbocycles. The summed E-state index contributed by atoms with van der Waals surface area (Å²) in [5.74, 6) is -4.36. The maximum absolute atomic E-state index is 10.9. The van der Waals surface area contributed by atoms with Crippen molar-refractivity contribution in [3.63, 3.8) is 0 Å². The van der Waals surface area contributed by atoms with Crippen LogP contribution in [0, 0.1) is 0 Å². The second-order valence-electron chi connectivity index (χ2n) is 7.65. The van der Waals surface area contributed by atoms with Crippen molar-refractivity contribution in [3.8, 4) is 0 Å². The minimum atomic E-state index is -2.37. The molecule has 11 nitrogen and oxygen atoms in total. The molecule has 8 N–H and O–H groups in total. The molecule has 0 aromatic heterocycles. The predicted molar refractivity (Wildman–Crippen MR) is 107 cm³/mol. The number of carbonyl (C=O) groups is 3. The molecule has 13 heteroatoms. The number of rotatable bonds is 4. The number of methoxy groups -OCH3 is 1. The molecule has 1 heterocycles. The van der Waals surface area contributed by atoms with Crippen LogP contribution < -0.4 is 30.3 Å². The average molecular weight is 822 g/mol. The first-order valence-corrected chi connectivity index (χ1v) is 13.0. The zero-order valence-electron chi connectivity index (χ0n) is 18.5. The van der Waals surface area contributed by atoms with Crippen LogP contribution in [0.25, 0.3) is 0 Å². The third-order valence-corrected chi connectivity index (χ3v) is 5.40. The van der Waals surface area contributed by atoms with Gasteiger partial charge in [0.05, 0.1) is 18.4 Å². The summed E-state index contributed by atoms with van der Waals surface area (Å²) >= 11 is 3.28. The number of carbonyl (C=O) groups excluding carboxylic acids is 3. The zero-order valence-corrected chi connectivity index (χ0v) is 23.0. The molecular weight excluding hydrogens is 784 g/mol. The van der Waals surface area contributed by atoms with Crippen molar-refractivity contribution >= 4 is 17.8 Å². The van der Waals surface area contributed by atoms with E-state index in [4.69, 9.17) is 11.5 Å². The Kier molecular flexibility index (Phi) is 21.1. The van der Waals surface area contributed by atoms with Crippen LogP contribution in [-0.2, 0) is 59.2 Å². The number of amides is 1. The van der Waals surface area contributed by atoms with Crippen LogP contribution in [0.5, 0.6) is 0 Å². The molecule has 2 aliphatic carbocycles. The van der Waals surface area contributed by atoms with Crippen LogP contribution in [0.15, 0.2) is 0 Å². The standard InChI is InChI=1S/C7H9NO6.2C6H13N.2H2N.2Pt/c1-14-3-8-4(9)2-7(8,5(10)11)6(12)13;2*7-6-4-2-1-3-5-6;;;;/h2-3H2,1H3,(H,10,11)(H,12,13);2*6H,1-5,7H2;2*1H2;;/q;;;2*-1;2*+2/p-2. The fraction of sp³-hybridized carbons (Fsp3) is 0.842. The normalized spacial score (nSPS) is 19.8. The summed E-state index contributed by atoms with van der Waals surface area (Å²) in [4.78, 5) is 32.7. The van der Waals surface area contributed by atoms with Gasteiger partial charge < -0.3 is 40.9 Å². The van der Waals surface area contributed by atoms with E-state index in [1.165, 1.54) is 71.3 Å². The number of aliphatic carboxylic acids is 2. The van der Waals surface area contributed by atoms with Crippen molar-refractivity contribution < 1.29 is 69.5 Å². The minimum absolute atomic E-state index is 0.416. The molecule has 194 valence electrons. The molecule has 1 amide bonds. The Balaban J connectivity index is 0. The van der Waals surface area contributed by atoms with Gasteiger partial charge in [-0.3, -0.25) is 4.79 Å². The first-order chi connectivity index (χ1) is 15.3. The van der Waals surface area contributed by atoms with E-state index >= 15 is 0 Å². The second kappa shape index (κ2) is 20.0. The molecule has 2 saturated carbocycles. The molecule has 0 spiro atoms. The fourth-order valence-electron chi connectivity index (χ4n) is 3.56. The van der Waals surface area contributed by atoms with E-state index < -0.39 is 36.5 Å². The molecule has 1 saturated heterocycles. The van der Waals surface area contributed by atoms with Crippen LogP contribution in [0.2, 0.25) is 0 Å². The number of carboxylic acids is 2.